The van der Waals surface area contributed by atoms with Gasteiger partial charge < -0.3 is 4.57 Å². The quantitative estimate of drug-likeness (QED) is 0.684. The van der Waals surface area contributed by atoms with Crippen molar-refractivity contribution in [2.45, 2.75) is 0 Å². The molecule has 0 bridgehead atoms. The summed E-state index contributed by atoms with van der Waals surface area (Å²) in [5.74, 6) is 0. The molecule has 0 aliphatic carbocycles. The molecule has 0 fully saturated rings. The van der Waals surface area contributed by atoms with Gasteiger partial charge in [-0.15, -0.1) is 0 Å². The Morgan fingerprint density at radius 3 is 1.86 bits per heavy atom. The summed E-state index contributed by atoms with van der Waals surface area (Å²) in [7, 11) is -0.810. The summed E-state index contributed by atoms with van der Waals surface area (Å²) >= 11 is 0. The van der Waals surface area contributed by atoms with Crippen LogP contribution in [0.5, 0.6) is 0 Å². The molecule has 2 aromatic carbocycles. The highest BCUT2D eigenvalue weighted by atomic mass is 31.1. The van der Waals surface area contributed by atoms with Gasteiger partial charge in [0.15, 0.2) is 0 Å². The van der Waals surface area contributed by atoms with Gasteiger partial charge in [-0.1, -0.05) is 54.6 Å². The summed E-state index contributed by atoms with van der Waals surface area (Å²) in [6, 6.07) is 18.0. The van der Waals surface area contributed by atoms with Crippen LogP contribution in [0.15, 0.2) is 54.6 Å². The van der Waals surface area contributed by atoms with Crippen LogP contribution in [0.3, 0.4) is 0 Å². The van der Waals surface area contributed by atoms with Gasteiger partial charge in [0.25, 0.3) is 0 Å². The van der Waals surface area contributed by atoms with Gasteiger partial charge in [-0.25, -0.2) is 0 Å². The fourth-order valence-corrected chi connectivity index (χ4v) is 1.73. The van der Waals surface area contributed by atoms with Crippen LogP contribution in [0, 0.1) is 0 Å². The van der Waals surface area contributed by atoms with E-state index in [0.717, 1.165) is 5.30 Å². The molecular weight excluding hydrogens is 191 g/mol. The first-order valence-electron chi connectivity index (χ1n) is 4.51. The van der Waals surface area contributed by atoms with E-state index in [9.17, 15) is 4.57 Å². The molecule has 1 nitrogen and oxygen atoms in total. The predicted octanol–water partition coefficient (Wildman–Crippen LogP) is 2.74. The number of hydrogen-bond donors (Lipinski definition) is 0. The minimum atomic E-state index is -0.810. The third kappa shape index (κ3) is 1.94. The SMILES string of the molecule is O=[PH2]c1ccc(-c2ccccc2)cc1. The first kappa shape index (κ1) is 9.23. The summed E-state index contributed by atoms with van der Waals surface area (Å²) in [6.07, 6.45) is 0. The van der Waals surface area contributed by atoms with Crippen LogP contribution in [-0.4, -0.2) is 0 Å². The molecule has 0 spiro atoms. The lowest BCUT2D eigenvalue weighted by Crippen LogP contribution is -1.88. The summed E-state index contributed by atoms with van der Waals surface area (Å²) in [5.41, 5.74) is 2.36. The van der Waals surface area contributed by atoms with Crippen molar-refractivity contribution < 1.29 is 4.57 Å². The minimum Gasteiger partial charge on any atom is -0.325 e. The van der Waals surface area contributed by atoms with Gasteiger partial charge >= 0.3 is 0 Å². The smallest absolute Gasteiger partial charge is 0.0921 e. The second kappa shape index (κ2) is 4.26. The van der Waals surface area contributed by atoms with Crippen molar-refractivity contribution in [2.75, 3.05) is 0 Å². The molecule has 0 amide bonds. The molecule has 70 valence electrons. The van der Waals surface area contributed by atoms with Crippen molar-refractivity contribution in [3.8, 4) is 11.1 Å². The summed E-state index contributed by atoms with van der Waals surface area (Å²) in [4.78, 5) is 0. The number of rotatable bonds is 2. The highest BCUT2D eigenvalue weighted by molar-refractivity contribution is 7.34. The Kier molecular flexibility index (Phi) is 2.81. The van der Waals surface area contributed by atoms with E-state index in [1.165, 1.54) is 11.1 Å². The van der Waals surface area contributed by atoms with Crippen LogP contribution in [0.25, 0.3) is 11.1 Å². The van der Waals surface area contributed by atoms with Crippen molar-refractivity contribution >= 4 is 13.8 Å². The highest BCUT2D eigenvalue weighted by Crippen LogP contribution is 2.17. The van der Waals surface area contributed by atoms with Gasteiger partial charge in [-0.05, 0) is 11.1 Å². The molecule has 0 N–H and O–H groups in total. The van der Waals surface area contributed by atoms with Crippen LogP contribution in [0.4, 0.5) is 0 Å². The lowest BCUT2D eigenvalue weighted by atomic mass is 10.1. The maximum atomic E-state index is 10.7. The van der Waals surface area contributed by atoms with Crippen molar-refractivity contribution in [1.29, 1.82) is 0 Å². The fraction of sp³-hybridized carbons (Fsp3) is 0. The molecule has 14 heavy (non-hydrogen) atoms. The average molecular weight is 202 g/mol. The molecule has 2 heteroatoms. The second-order valence-corrected chi connectivity index (χ2v) is 4.01. The molecule has 0 aromatic heterocycles. The Morgan fingerprint density at radius 1 is 0.714 bits per heavy atom. The summed E-state index contributed by atoms with van der Waals surface area (Å²) in [6.45, 7) is 0. The third-order valence-corrected chi connectivity index (χ3v) is 2.81. The molecule has 0 saturated heterocycles. The van der Waals surface area contributed by atoms with E-state index in [2.05, 4.69) is 12.1 Å². The van der Waals surface area contributed by atoms with E-state index >= 15 is 0 Å². The van der Waals surface area contributed by atoms with Crippen LogP contribution >= 0.6 is 8.46 Å². The van der Waals surface area contributed by atoms with E-state index in [4.69, 9.17) is 0 Å². The molecule has 0 aliphatic rings. The molecule has 0 aliphatic heterocycles. The van der Waals surface area contributed by atoms with Gasteiger partial charge in [0.1, 0.15) is 0 Å². The van der Waals surface area contributed by atoms with Gasteiger partial charge in [0.05, 0.1) is 8.46 Å². The number of hydrogen-bond acceptors (Lipinski definition) is 1. The molecule has 0 saturated carbocycles. The van der Waals surface area contributed by atoms with E-state index in [-0.39, 0.29) is 0 Å². The van der Waals surface area contributed by atoms with E-state index in [1.54, 1.807) is 0 Å². The Balaban J connectivity index is 2.39. The first-order valence-corrected chi connectivity index (χ1v) is 5.56. The Labute approximate surface area is 84.6 Å². The lowest BCUT2D eigenvalue weighted by Gasteiger charge is -2.00. The summed E-state index contributed by atoms with van der Waals surface area (Å²) < 4.78 is 10.7. The van der Waals surface area contributed by atoms with Crippen LogP contribution in [0.1, 0.15) is 0 Å². The van der Waals surface area contributed by atoms with Gasteiger partial charge in [-0.3, -0.25) is 0 Å². The van der Waals surface area contributed by atoms with Crippen molar-refractivity contribution in [1.82, 2.24) is 0 Å². The van der Waals surface area contributed by atoms with E-state index in [1.807, 2.05) is 42.5 Å². The van der Waals surface area contributed by atoms with Crippen molar-refractivity contribution in [3.05, 3.63) is 54.6 Å². The molecular formula is C12H11OP. The molecule has 0 radical (unpaired) electrons. The highest BCUT2D eigenvalue weighted by Gasteiger charge is 1.95. The summed E-state index contributed by atoms with van der Waals surface area (Å²) in [5, 5.41) is 0.921. The van der Waals surface area contributed by atoms with E-state index < -0.39 is 8.46 Å². The van der Waals surface area contributed by atoms with Crippen LogP contribution in [-0.2, 0) is 4.57 Å². The number of benzene rings is 2. The largest absolute Gasteiger partial charge is 0.325 e. The van der Waals surface area contributed by atoms with Crippen LogP contribution < -0.4 is 5.30 Å². The lowest BCUT2D eigenvalue weighted by molar-refractivity contribution is 0.603. The predicted molar refractivity (Wildman–Crippen MR) is 61.9 cm³/mol. The average Bonchev–Trinajstić information content (AvgIpc) is 2.30. The topological polar surface area (TPSA) is 17.1 Å². The Bertz CT molecular complexity index is 420. The monoisotopic (exact) mass is 202 g/mol. The van der Waals surface area contributed by atoms with Gasteiger partial charge in [0.2, 0.25) is 0 Å². The molecule has 1 atom stereocenters. The van der Waals surface area contributed by atoms with Gasteiger partial charge in [-0.2, -0.15) is 0 Å². The minimum absolute atomic E-state index is 0.810. The molecule has 2 aromatic rings. The fourth-order valence-electron chi connectivity index (χ4n) is 1.38. The van der Waals surface area contributed by atoms with E-state index in [0.29, 0.717) is 0 Å². The Morgan fingerprint density at radius 2 is 1.29 bits per heavy atom. The van der Waals surface area contributed by atoms with Crippen molar-refractivity contribution in [2.24, 2.45) is 0 Å². The maximum absolute atomic E-state index is 10.7. The first-order chi connectivity index (χ1) is 6.90. The van der Waals surface area contributed by atoms with Crippen molar-refractivity contribution in [3.63, 3.8) is 0 Å². The zero-order chi connectivity index (χ0) is 9.80. The normalized spacial score (nSPS) is 10.9. The zero-order valence-corrected chi connectivity index (χ0v) is 8.84. The third-order valence-electron chi connectivity index (χ3n) is 2.15. The molecule has 0 heterocycles. The second-order valence-electron chi connectivity index (χ2n) is 3.11. The van der Waals surface area contributed by atoms with Crippen LogP contribution in [0.2, 0.25) is 0 Å². The standard InChI is InChI=1S/C12H11OP/c13-14-12-8-6-11(7-9-12)10-4-2-1-3-5-10/h1-9H,14H2. The zero-order valence-electron chi connectivity index (χ0n) is 7.68. The molecule has 1 unspecified atom stereocenters. The maximum Gasteiger partial charge on any atom is 0.0921 e. The Hall–Kier alpha value is -1.33. The molecule has 2 rings (SSSR count). The van der Waals surface area contributed by atoms with Gasteiger partial charge in [0, 0.05) is 5.30 Å².